The first-order valence-electron chi connectivity index (χ1n) is 7.11. The van der Waals surface area contributed by atoms with Crippen LogP contribution in [0.2, 0.25) is 0 Å². The van der Waals surface area contributed by atoms with Crippen LogP contribution in [-0.4, -0.2) is 43.1 Å². The average Bonchev–Trinajstić information content (AvgIpc) is 2.38. The van der Waals surface area contributed by atoms with Gasteiger partial charge in [0.2, 0.25) is 0 Å². The normalized spacial score (nSPS) is 17.7. The fraction of sp³-hybridized carbons (Fsp3) is 0.667. The molecule has 1 saturated heterocycles. The minimum atomic E-state index is 0.561. The van der Waals surface area contributed by atoms with Crippen LogP contribution in [0, 0.1) is 13.8 Å². The summed E-state index contributed by atoms with van der Waals surface area (Å²) in [5.41, 5.74) is 9.43. The van der Waals surface area contributed by atoms with Crippen molar-refractivity contribution in [2.75, 3.05) is 32.1 Å². The van der Waals surface area contributed by atoms with Crippen molar-refractivity contribution >= 4 is 5.82 Å². The van der Waals surface area contributed by atoms with Gasteiger partial charge in [-0.1, -0.05) is 0 Å². The quantitative estimate of drug-likeness (QED) is 0.900. The second kappa shape index (κ2) is 5.88. The fourth-order valence-corrected chi connectivity index (χ4v) is 2.94. The van der Waals surface area contributed by atoms with Crippen molar-refractivity contribution in [1.82, 2.24) is 9.88 Å². The van der Waals surface area contributed by atoms with Crippen molar-refractivity contribution in [2.45, 2.75) is 39.3 Å². The van der Waals surface area contributed by atoms with Gasteiger partial charge in [-0.15, -0.1) is 0 Å². The van der Waals surface area contributed by atoms with Gasteiger partial charge in [-0.05, 0) is 58.5 Å². The molecule has 2 N–H and O–H groups in total. The number of hydrogen-bond acceptors (Lipinski definition) is 4. The fourth-order valence-electron chi connectivity index (χ4n) is 2.94. The molecule has 19 heavy (non-hydrogen) atoms. The number of likely N-dealkylation sites (tertiary alicyclic amines) is 1. The molecule has 2 rings (SSSR count). The lowest BCUT2D eigenvalue weighted by Gasteiger charge is -2.36. The Morgan fingerprint density at radius 1 is 1.37 bits per heavy atom. The first-order chi connectivity index (χ1) is 9.02. The number of aryl methyl sites for hydroxylation is 2. The van der Waals surface area contributed by atoms with Crippen LogP contribution in [0.15, 0.2) is 6.07 Å². The van der Waals surface area contributed by atoms with E-state index >= 15 is 0 Å². The van der Waals surface area contributed by atoms with Gasteiger partial charge in [0.1, 0.15) is 5.82 Å². The zero-order valence-electron chi connectivity index (χ0n) is 12.6. The average molecular weight is 262 g/mol. The molecule has 0 amide bonds. The molecule has 0 bridgehead atoms. The first-order valence-corrected chi connectivity index (χ1v) is 7.11. The van der Waals surface area contributed by atoms with Gasteiger partial charge in [-0.3, -0.25) is 0 Å². The van der Waals surface area contributed by atoms with Crippen molar-refractivity contribution in [2.24, 2.45) is 5.73 Å². The molecule has 1 aliphatic heterocycles. The van der Waals surface area contributed by atoms with Gasteiger partial charge >= 0.3 is 0 Å². The Labute approximate surface area is 116 Å². The van der Waals surface area contributed by atoms with Gasteiger partial charge in [0, 0.05) is 30.9 Å². The van der Waals surface area contributed by atoms with E-state index in [0.717, 1.165) is 24.6 Å². The monoisotopic (exact) mass is 262 g/mol. The van der Waals surface area contributed by atoms with Crippen LogP contribution in [-0.2, 0) is 6.54 Å². The zero-order chi connectivity index (χ0) is 14.0. The van der Waals surface area contributed by atoms with Crippen LogP contribution >= 0.6 is 0 Å². The van der Waals surface area contributed by atoms with Crippen LogP contribution in [0.1, 0.15) is 29.7 Å². The number of rotatable bonds is 3. The molecule has 4 nitrogen and oxygen atoms in total. The summed E-state index contributed by atoms with van der Waals surface area (Å²) in [6.07, 6.45) is 2.40. The van der Waals surface area contributed by atoms with Crippen LogP contribution in [0.4, 0.5) is 5.82 Å². The van der Waals surface area contributed by atoms with Crippen molar-refractivity contribution < 1.29 is 0 Å². The maximum Gasteiger partial charge on any atom is 0.133 e. The second-order valence-electron chi connectivity index (χ2n) is 5.73. The molecular weight excluding hydrogens is 236 g/mol. The highest BCUT2D eigenvalue weighted by Crippen LogP contribution is 2.26. The lowest BCUT2D eigenvalue weighted by Crippen LogP contribution is -2.42. The highest BCUT2D eigenvalue weighted by Gasteiger charge is 2.23. The van der Waals surface area contributed by atoms with Gasteiger partial charge in [-0.25, -0.2) is 4.98 Å². The van der Waals surface area contributed by atoms with Gasteiger partial charge in [0.05, 0.1) is 0 Å². The smallest absolute Gasteiger partial charge is 0.133 e. The Hall–Kier alpha value is -1.13. The van der Waals surface area contributed by atoms with E-state index in [2.05, 4.69) is 43.8 Å². The number of pyridine rings is 1. The zero-order valence-corrected chi connectivity index (χ0v) is 12.6. The standard InChI is InChI=1S/C15H26N4/c1-11-9-12(2)17-15(14(11)10-16)19(4)13-5-7-18(3)8-6-13/h9,13H,5-8,10,16H2,1-4H3. The molecule has 106 valence electrons. The van der Waals surface area contributed by atoms with Gasteiger partial charge in [0.25, 0.3) is 0 Å². The van der Waals surface area contributed by atoms with E-state index in [1.807, 2.05) is 0 Å². The number of anilines is 1. The summed E-state index contributed by atoms with van der Waals surface area (Å²) in [6.45, 7) is 7.07. The van der Waals surface area contributed by atoms with Crippen LogP contribution in [0.25, 0.3) is 0 Å². The van der Waals surface area contributed by atoms with Crippen LogP contribution in [0.3, 0.4) is 0 Å². The molecule has 0 aliphatic carbocycles. The van der Waals surface area contributed by atoms with E-state index in [1.165, 1.54) is 24.0 Å². The molecule has 0 atom stereocenters. The van der Waals surface area contributed by atoms with Gasteiger partial charge < -0.3 is 15.5 Å². The molecule has 0 spiro atoms. The molecule has 0 aromatic carbocycles. The third-order valence-corrected chi connectivity index (χ3v) is 4.23. The molecule has 0 saturated carbocycles. The predicted octanol–water partition coefficient (Wildman–Crippen LogP) is 1.69. The SMILES string of the molecule is Cc1cc(C)c(CN)c(N(C)C2CCN(C)CC2)n1. The number of piperidine rings is 1. The largest absolute Gasteiger partial charge is 0.356 e. The molecule has 0 unspecified atom stereocenters. The van der Waals surface area contributed by atoms with Crippen molar-refractivity contribution in [1.29, 1.82) is 0 Å². The summed E-state index contributed by atoms with van der Waals surface area (Å²) < 4.78 is 0. The Balaban J connectivity index is 2.25. The lowest BCUT2D eigenvalue weighted by molar-refractivity contribution is 0.252. The molecule has 4 heteroatoms. The van der Waals surface area contributed by atoms with E-state index in [9.17, 15) is 0 Å². The van der Waals surface area contributed by atoms with Crippen molar-refractivity contribution in [3.05, 3.63) is 22.9 Å². The molecular formula is C15H26N4. The molecule has 1 aromatic rings. The highest BCUT2D eigenvalue weighted by atomic mass is 15.2. The van der Waals surface area contributed by atoms with Crippen LogP contribution < -0.4 is 10.6 Å². The first kappa shape index (κ1) is 14.3. The summed E-state index contributed by atoms with van der Waals surface area (Å²) in [5.74, 6) is 1.08. The predicted molar refractivity (Wildman–Crippen MR) is 80.5 cm³/mol. The Bertz CT molecular complexity index is 436. The summed E-state index contributed by atoms with van der Waals surface area (Å²) in [6, 6.07) is 2.70. The van der Waals surface area contributed by atoms with E-state index in [1.54, 1.807) is 0 Å². The topological polar surface area (TPSA) is 45.4 Å². The Morgan fingerprint density at radius 3 is 2.58 bits per heavy atom. The van der Waals surface area contributed by atoms with Crippen LogP contribution in [0.5, 0.6) is 0 Å². The summed E-state index contributed by atoms with van der Waals surface area (Å²) in [7, 11) is 4.35. The Morgan fingerprint density at radius 2 is 2.00 bits per heavy atom. The minimum absolute atomic E-state index is 0.561. The summed E-state index contributed by atoms with van der Waals surface area (Å²) in [5, 5.41) is 0. The second-order valence-corrected chi connectivity index (χ2v) is 5.73. The third kappa shape index (κ3) is 3.07. The molecule has 2 heterocycles. The maximum absolute atomic E-state index is 5.92. The lowest BCUT2D eigenvalue weighted by atomic mass is 10.0. The van der Waals surface area contributed by atoms with Gasteiger partial charge in [-0.2, -0.15) is 0 Å². The number of nitrogens with two attached hydrogens (primary N) is 1. The molecule has 1 aromatic heterocycles. The third-order valence-electron chi connectivity index (χ3n) is 4.23. The van der Waals surface area contributed by atoms with E-state index in [-0.39, 0.29) is 0 Å². The highest BCUT2D eigenvalue weighted by molar-refractivity contribution is 5.51. The molecule has 1 fully saturated rings. The molecule has 0 radical (unpaired) electrons. The number of nitrogens with zero attached hydrogens (tertiary/aromatic N) is 3. The van der Waals surface area contributed by atoms with Gasteiger partial charge in [0.15, 0.2) is 0 Å². The molecule has 1 aliphatic rings. The van der Waals surface area contributed by atoms with E-state index < -0.39 is 0 Å². The minimum Gasteiger partial charge on any atom is -0.356 e. The number of aromatic nitrogens is 1. The Kier molecular flexibility index (Phi) is 4.42. The van der Waals surface area contributed by atoms with Crippen molar-refractivity contribution in [3.63, 3.8) is 0 Å². The summed E-state index contributed by atoms with van der Waals surface area (Å²) in [4.78, 5) is 9.47. The van der Waals surface area contributed by atoms with Crippen molar-refractivity contribution in [3.8, 4) is 0 Å². The van der Waals surface area contributed by atoms with E-state index in [4.69, 9.17) is 10.7 Å². The number of hydrogen-bond donors (Lipinski definition) is 1. The summed E-state index contributed by atoms with van der Waals surface area (Å²) >= 11 is 0. The van der Waals surface area contributed by atoms with E-state index in [0.29, 0.717) is 12.6 Å². The maximum atomic E-state index is 5.92.